The minimum atomic E-state index is 0.185. The first-order valence-electron chi connectivity index (χ1n) is 6.53. The summed E-state index contributed by atoms with van der Waals surface area (Å²) >= 11 is 0. The maximum atomic E-state index is 12.1. The summed E-state index contributed by atoms with van der Waals surface area (Å²) < 4.78 is 0. The van der Waals surface area contributed by atoms with Crippen molar-refractivity contribution >= 4 is 22.5 Å². The highest BCUT2D eigenvalue weighted by Gasteiger charge is 2.47. The zero-order valence-corrected chi connectivity index (χ0v) is 10.0. The summed E-state index contributed by atoms with van der Waals surface area (Å²) in [5.74, 6) is 2.10. The van der Waals surface area contributed by atoms with Crippen LogP contribution >= 0.6 is 0 Å². The summed E-state index contributed by atoms with van der Waals surface area (Å²) in [5, 5.41) is 10.9. The number of amides is 1. The van der Waals surface area contributed by atoms with E-state index in [0.717, 1.165) is 41.3 Å². The number of carbonyl (C=O) groups is 1. The van der Waals surface area contributed by atoms with Crippen molar-refractivity contribution in [2.24, 2.45) is 17.8 Å². The first-order valence-corrected chi connectivity index (χ1v) is 6.53. The van der Waals surface area contributed by atoms with Gasteiger partial charge in [-0.1, -0.05) is 0 Å². The standard InChI is InChI=1S/C14H15N3O/c18-14(10-4-8-3-9(8)5-10)16-12-1-2-13-11(6-12)7-15-17-13/h1-2,6-10H,3-5H2,(H,15,17)(H,16,18). The summed E-state index contributed by atoms with van der Waals surface area (Å²) in [6.45, 7) is 0. The Balaban J connectivity index is 1.51. The minimum Gasteiger partial charge on any atom is -0.326 e. The second-order valence-corrected chi connectivity index (χ2v) is 5.59. The van der Waals surface area contributed by atoms with E-state index in [2.05, 4.69) is 15.5 Å². The number of H-pyrrole nitrogens is 1. The molecule has 1 aromatic heterocycles. The Morgan fingerprint density at radius 2 is 2.11 bits per heavy atom. The molecule has 0 bridgehead atoms. The third-order valence-corrected chi connectivity index (χ3v) is 4.32. The molecule has 0 spiro atoms. The predicted molar refractivity (Wildman–Crippen MR) is 69.0 cm³/mol. The summed E-state index contributed by atoms with van der Waals surface area (Å²) in [7, 11) is 0. The molecule has 2 fully saturated rings. The van der Waals surface area contributed by atoms with Crippen molar-refractivity contribution in [2.45, 2.75) is 19.3 Å². The molecule has 0 aliphatic heterocycles. The highest BCUT2D eigenvalue weighted by atomic mass is 16.1. The largest absolute Gasteiger partial charge is 0.326 e. The van der Waals surface area contributed by atoms with Gasteiger partial charge in [0.25, 0.3) is 0 Å². The fourth-order valence-electron chi connectivity index (χ4n) is 3.19. The zero-order chi connectivity index (χ0) is 12.1. The second kappa shape index (κ2) is 3.57. The SMILES string of the molecule is O=C(Nc1ccc2[nH]ncc2c1)C1CC2CC2C1. The number of rotatable bonds is 2. The van der Waals surface area contributed by atoms with E-state index in [1.807, 2.05) is 18.2 Å². The van der Waals surface area contributed by atoms with Gasteiger partial charge in [0.1, 0.15) is 0 Å². The molecule has 0 radical (unpaired) electrons. The van der Waals surface area contributed by atoms with Crippen molar-refractivity contribution < 1.29 is 4.79 Å². The van der Waals surface area contributed by atoms with Crippen molar-refractivity contribution in [3.63, 3.8) is 0 Å². The van der Waals surface area contributed by atoms with Crippen LogP contribution < -0.4 is 5.32 Å². The van der Waals surface area contributed by atoms with Gasteiger partial charge in [-0.15, -0.1) is 0 Å². The average Bonchev–Trinajstić information content (AvgIpc) is 2.79. The molecule has 4 nitrogen and oxygen atoms in total. The molecule has 92 valence electrons. The Morgan fingerprint density at radius 1 is 1.28 bits per heavy atom. The lowest BCUT2D eigenvalue weighted by atomic mass is 10.0. The number of benzene rings is 1. The number of hydrogen-bond acceptors (Lipinski definition) is 2. The molecule has 1 aromatic carbocycles. The van der Waals surface area contributed by atoms with E-state index in [4.69, 9.17) is 0 Å². The summed E-state index contributed by atoms with van der Waals surface area (Å²) in [6.07, 6.45) is 5.30. The first-order chi connectivity index (χ1) is 8.79. The van der Waals surface area contributed by atoms with Crippen LogP contribution in [0, 0.1) is 17.8 Å². The fourth-order valence-corrected chi connectivity index (χ4v) is 3.19. The average molecular weight is 241 g/mol. The van der Waals surface area contributed by atoms with Gasteiger partial charge in [-0.05, 0) is 49.3 Å². The zero-order valence-electron chi connectivity index (χ0n) is 10.0. The Bertz CT molecular complexity index is 608. The molecular weight excluding hydrogens is 226 g/mol. The lowest BCUT2D eigenvalue weighted by molar-refractivity contribution is -0.120. The highest BCUT2D eigenvalue weighted by Crippen LogP contribution is 2.54. The van der Waals surface area contributed by atoms with Crippen LogP contribution in [0.4, 0.5) is 5.69 Å². The number of nitrogens with one attached hydrogen (secondary N) is 2. The molecule has 2 unspecified atom stereocenters. The van der Waals surface area contributed by atoms with Gasteiger partial charge in [-0.3, -0.25) is 9.89 Å². The minimum absolute atomic E-state index is 0.185. The van der Waals surface area contributed by atoms with Crippen LogP contribution in [0.2, 0.25) is 0 Å². The molecule has 2 aromatic rings. The van der Waals surface area contributed by atoms with Crippen molar-refractivity contribution in [3.05, 3.63) is 24.4 Å². The van der Waals surface area contributed by atoms with Crippen LogP contribution in [0.1, 0.15) is 19.3 Å². The number of aromatic nitrogens is 2. The Kier molecular flexibility index (Phi) is 2.01. The van der Waals surface area contributed by atoms with Gasteiger partial charge in [-0.25, -0.2) is 0 Å². The summed E-state index contributed by atoms with van der Waals surface area (Å²) in [6, 6.07) is 5.84. The van der Waals surface area contributed by atoms with Crippen LogP contribution in [0.15, 0.2) is 24.4 Å². The number of carbonyl (C=O) groups excluding carboxylic acids is 1. The third kappa shape index (κ3) is 1.60. The van der Waals surface area contributed by atoms with Gasteiger partial charge in [0.05, 0.1) is 11.7 Å². The summed E-state index contributed by atoms with van der Waals surface area (Å²) in [4.78, 5) is 12.1. The molecule has 4 heteroatoms. The van der Waals surface area contributed by atoms with Crippen molar-refractivity contribution in [1.82, 2.24) is 10.2 Å². The van der Waals surface area contributed by atoms with Crippen LogP contribution in [0.25, 0.3) is 10.9 Å². The number of anilines is 1. The molecule has 2 N–H and O–H groups in total. The first kappa shape index (κ1) is 10.1. The van der Waals surface area contributed by atoms with E-state index < -0.39 is 0 Å². The highest BCUT2D eigenvalue weighted by molar-refractivity contribution is 5.95. The molecule has 0 saturated heterocycles. The Morgan fingerprint density at radius 3 is 2.94 bits per heavy atom. The Labute approximate surface area is 105 Å². The van der Waals surface area contributed by atoms with E-state index in [1.54, 1.807) is 6.20 Å². The van der Waals surface area contributed by atoms with E-state index >= 15 is 0 Å². The Hall–Kier alpha value is -1.84. The smallest absolute Gasteiger partial charge is 0.227 e. The van der Waals surface area contributed by atoms with E-state index in [9.17, 15) is 4.79 Å². The lowest BCUT2D eigenvalue weighted by Crippen LogP contribution is -2.21. The van der Waals surface area contributed by atoms with E-state index in [0.29, 0.717) is 0 Å². The normalized spacial score (nSPS) is 29.2. The molecule has 4 rings (SSSR count). The van der Waals surface area contributed by atoms with Gasteiger partial charge in [-0.2, -0.15) is 5.10 Å². The van der Waals surface area contributed by atoms with Crippen LogP contribution in [0.3, 0.4) is 0 Å². The van der Waals surface area contributed by atoms with Gasteiger partial charge in [0.2, 0.25) is 5.91 Å². The van der Waals surface area contributed by atoms with Crippen LogP contribution in [-0.4, -0.2) is 16.1 Å². The van der Waals surface area contributed by atoms with Crippen molar-refractivity contribution in [1.29, 1.82) is 0 Å². The third-order valence-electron chi connectivity index (χ3n) is 4.32. The van der Waals surface area contributed by atoms with E-state index in [-0.39, 0.29) is 11.8 Å². The van der Waals surface area contributed by atoms with Crippen LogP contribution in [-0.2, 0) is 4.79 Å². The van der Waals surface area contributed by atoms with Crippen molar-refractivity contribution in [2.75, 3.05) is 5.32 Å². The molecule has 2 aliphatic carbocycles. The van der Waals surface area contributed by atoms with E-state index in [1.165, 1.54) is 6.42 Å². The molecule has 1 heterocycles. The fraction of sp³-hybridized carbons (Fsp3) is 0.429. The van der Waals surface area contributed by atoms with Gasteiger partial charge in [0.15, 0.2) is 0 Å². The number of nitrogens with zero attached hydrogens (tertiary/aromatic N) is 1. The number of fused-ring (bicyclic) bond motifs is 2. The van der Waals surface area contributed by atoms with Crippen molar-refractivity contribution in [3.8, 4) is 0 Å². The summed E-state index contributed by atoms with van der Waals surface area (Å²) in [5.41, 5.74) is 1.87. The van der Waals surface area contributed by atoms with Gasteiger partial charge >= 0.3 is 0 Å². The van der Waals surface area contributed by atoms with Gasteiger partial charge < -0.3 is 5.32 Å². The predicted octanol–water partition coefficient (Wildman–Crippen LogP) is 2.55. The van der Waals surface area contributed by atoms with Crippen LogP contribution in [0.5, 0.6) is 0 Å². The topological polar surface area (TPSA) is 57.8 Å². The maximum absolute atomic E-state index is 12.1. The molecule has 2 saturated carbocycles. The van der Waals surface area contributed by atoms with Gasteiger partial charge in [0, 0.05) is 17.0 Å². The number of aromatic amines is 1. The number of hydrogen-bond donors (Lipinski definition) is 2. The molecule has 2 atom stereocenters. The quantitative estimate of drug-likeness (QED) is 0.848. The molecule has 18 heavy (non-hydrogen) atoms. The second-order valence-electron chi connectivity index (χ2n) is 5.59. The molecular formula is C14H15N3O. The molecule has 2 aliphatic rings. The monoisotopic (exact) mass is 241 g/mol. The molecule has 1 amide bonds. The maximum Gasteiger partial charge on any atom is 0.227 e. The lowest BCUT2D eigenvalue weighted by Gasteiger charge is -2.12.